The second-order valence-corrected chi connectivity index (χ2v) is 5.52. The van der Waals surface area contributed by atoms with Gasteiger partial charge in [0.15, 0.2) is 11.5 Å². The van der Waals surface area contributed by atoms with Crippen LogP contribution in [0, 0.1) is 0 Å². The molecule has 0 saturated carbocycles. The summed E-state index contributed by atoms with van der Waals surface area (Å²) in [6.45, 7) is 2.34. The number of anilines is 1. The van der Waals surface area contributed by atoms with Gasteiger partial charge in [0.05, 0.1) is 0 Å². The Kier molecular flexibility index (Phi) is 4.10. The Hall–Kier alpha value is -2.01. The normalized spacial score (nSPS) is 13.1. The van der Waals surface area contributed by atoms with Gasteiger partial charge in [-0.2, -0.15) is 0 Å². The number of aromatic nitrogens is 1. The van der Waals surface area contributed by atoms with Crippen LogP contribution >= 0.6 is 0 Å². The number of fused-ring (bicyclic) bond motifs is 2. The van der Waals surface area contributed by atoms with E-state index >= 15 is 0 Å². The van der Waals surface area contributed by atoms with Gasteiger partial charge in [-0.25, -0.2) is 4.98 Å². The number of hydrogen-bond acceptors (Lipinski definition) is 5. The third-order valence-corrected chi connectivity index (χ3v) is 3.58. The molecule has 1 aliphatic rings. The quantitative estimate of drug-likeness (QED) is 0.828. The molecule has 21 heavy (non-hydrogen) atoms. The first-order chi connectivity index (χ1) is 10.2. The Bertz CT molecular complexity index is 628. The van der Waals surface area contributed by atoms with Crippen LogP contribution in [0.1, 0.15) is 12.8 Å². The zero-order valence-electron chi connectivity index (χ0n) is 12.6. The van der Waals surface area contributed by atoms with Gasteiger partial charge in [-0.1, -0.05) is 0 Å². The number of rotatable bonds is 6. The minimum Gasteiger partial charge on any atom is -0.454 e. The van der Waals surface area contributed by atoms with Gasteiger partial charge in [0, 0.05) is 18.1 Å². The van der Waals surface area contributed by atoms with E-state index in [0.29, 0.717) is 6.79 Å². The van der Waals surface area contributed by atoms with Gasteiger partial charge in [0.2, 0.25) is 6.79 Å². The van der Waals surface area contributed by atoms with Crippen LogP contribution in [0.2, 0.25) is 0 Å². The highest BCUT2D eigenvalue weighted by molar-refractivity contribution is 5.94. The lowest BCUT2D eigenvalue weighted by molar-refractivity contribution is 0.174. The molecule has 3 rings (SSSR count). The Morgan fingerprint density at radius 2 is 2.00 bits per heavy atom. The lowest BCUT2D eigenvalue weighted by atomic mass is 10.1. The van der Waals surface area contributed by atoms with Crippen molar-refractivity contribution in [3.8, 4) is 11.5 Å². The van der Waals surface area contributed by atoms with Crippen molar-refractivity contribution in [2.24, 2.45) is 0 Å². The SMILES string of the molecule is CN(C)CCCCNc1nccc2cc3c(cc12)OCO3. The number of benzene rings is 1. The zero-order valence-corrected chi connectivity index (χ0v) is 12.6. The molecule has 2 heterocycles. The van der Waals surface area contributed by atoms with E-state index < -0.39 is 0 Å². The lowest BCUT2D eigenvalue weighted by Crippen LogP contribution is -2.14. The van der Waals surface area contributed by atoms with Gasteiger partial charge in [0.1, 0.15) is 5.82 Å². The molecule has 0 bridgehead atoms. The van der Waals surface area contributed by atoms with Gasteiger partial charge in [-0.15, -0.1) is 0 Å². The molecule has 0 aliphatic carbocycles. The van der Waals surface area contributed by atoms with Crippen LogP contribution in [-0.4, -0.2) is 43.9 Å². The molecule has 112 valence electrons. The summed E-state index contributed by atoms with van der Waals surface area (Å²) in [6.07, 6.45) is 4.13. The summed E-state index contributed by atoms with van der Waals surface area (Å²) in [5.74, 6) is 2.52. The fraction of sp³-hybridized carbons (Fsp3) is 0.438. The van der Waals surface area contributed by atoms with E-state index in [2.05, 4.69) is 29.3 Å². The molecule has 5 nitrogen and oxygen atoms in total. The number of hydrogen-bond donors (Lipinski definition) is 1. The summed E-state index contributed by atoms with van der Waals surface area (Å²) in [5.41, 5.74) is 0. The second-order valence-electron chi connectivity index (χ2n) is 5.52. The molecule has 0 saturated heterocycles. The molecule has 1 aromatic heterocycles. The predicted molar refractivity (Wildman–Crippen MR) is 84.1 cm³/mol. The molecule has 0 unspecified atom stereocenters. The fourth-order valence-corrected chi connectivity index (χ4v) is 2.46. The van der Waals surface area contributed by atoms with Crippen molar-refractivity contribution in [2.75, 3.05) is 39.3 Å². The van der Waals surface area contributed by atoms with Gasteiger partial charge in [-0.05, 0) is 57.1 Å². The summed E-state index contributed by atoms with van der Waals surface area (Å²) < 4.78 is 10.9. The molecule has 0 amide bonds. The maximum atomic E-state index is 5.45. The molecule has 1 aliphatic heterocycles. The summed E-state index contributed by atoms with van der Waals surface area (Å²) in [6, 6.07) is 6.01. The number of pyridine rings is 1. The standard InChI is InChI=1S/C16H21N3O2/c1-19(2)8-4-3-6-17-16-13-10-15-14(20-11-21-15)9-12(13)5-7-18-16/h5,7,9-10H,3-4,6,8,11H2,1-2H3,(H,17,18). The first-order valence-corrected chi connectivity index (χ1v) is 7.31. The molecule has 1 aromatic carbocycles. The smallest absolute Gasteiger partial charge is 0.231 e. The highest BCUT2D eigenvalue weighted by Crippen LogP contribution is 2.37. The van der Waals surface area contributed by atoms with Crippen molar-refractivity contribution in [3.05, 3.63) is 24.4 Å². The molecule has 5 heteroatoms. The van der Waals surface area contributed by atoms with E-state index in [4.69, 9.17) is 9.47 Å². The summed E-state index contributed by atoms with van der Waals surface area (Å²) >= 11 is 0. The summed E-state index contributed by atoms with van der Waals surface area (Å²) in [7, 11) is 4.20. The van der Waals surface area contributed by atoms with E-state index in [1.807, 2.05) is 24.4 Å². The van der Waals surface area contributed by atoms with Gasteiger partial charge in [-0.3, -0.25) is 0 Å². The van der Waals surface area contributed by atoms with Gasteiger partial charge in [0.25, 0.3) is 0 Å². The van der Waals surface area contributed by atoms with Crippen LogP contribution in [0.4, 0.5) is 5.82 Å². The topological polar surface area (TPSA) is 46.6 Å². The van der Waals surface area contributed by atoms with Gasteiger partial charge >= 0.3 is 0 Å². The molecule has 0 fully saturated rings. The molecular formula is C16H21N3O2. The van der Waals surface area contributed by atoms with Crippen LogP contribution < -0.4 is 14.8 Å². The number of nitrogens with zero attached hydrogens (tertiary/aromatic N) is 2. The van der Waals surface area contributed by atoms with E-state index in [1.54, 1.807) is 0 Å². The van der Waals surface area contributed by atoms with Crippen molar-refractivity contribution in [2.45, 2.75) is 12.8 Å². The minimum atomic E-state index is 0.298. The van der Waals surface area contributed by atoms with Crippen LogP contribution in [0.15, 0.2) is 24.4 Å². The second kappa shape index (κ2) is 6.18. The van der Waals surface area contributed by atoms with Gasteiger partial charge < -0.3 is 19.7 Å². The highest BCUT2D eigenvalue weighted by Gasteiger charge is 2.15. The average Bonchev–Trinajstić information content (AvgIpc) is 2.91. The molecular weight excluding hydrogens is 266 g/mol. The molecule has 1 N–H and O–H groups in total. The molecule has 0 radical (unpaired) electrons. The Balaban J connectivity index is 1.70. The number of unbranched alkanes of at least 4 members (excludes halogenated alkanes) is 1. The molecule has 2 aromatic rings. The average molecular weight is 287 g/mol. The summed E-state index contributed by atoms with van der Waals surface area (Å²) in [5, 5.41) is 5.62. The lowest BCUT2D eigenvalue weighted by Gasteiger charge is -2.11. The summed E-state index contributed by atoms with van der Waals surface area (Å²) in [4.78, 5) is 6.65. The van der Waals surface area contributed by atoms with E-state index in [0.717, 1.165) is 47.6 Å². The van der Waals surface area contributed by atoms with Crippen LogP contribution in [0.3, 0.4) is 0 Å². The number of ether oxygens (including phenoxy) is 2. The third kappa shape index (κ3) is 3.19. The van der Waals surface area contributed by atoms with Crippen LogP contribution in [0.5, 0.6) is 11.5 Å². The molecule has 0 spiro atoms. The van der Waals surface area contributed by atoms with E-state index in [1.165, 1.54) is 6.42 Å². The van der Waals surface area contributed by atoms with Crippen molar-refractivity contribution in [1.82, 2.24) is 9.88 Å². The highest BCUT2D eigenvalue weighted by atomic mass is 16.7. The Morgan fingerprint density at radius 3 is 2.81 bits per heavy atom. The predicted octanol–water partition coefficient (Wildman–Crippen LogP) is 2.72. The number of nitrogens with one attached hydrogen (secondary N) is 1. The monoisotopic (exact) mass is 287 g/mol. The minimum absolute atomic E-state index is 0.298. The first kappa shape index (κ1) is 13.9. The fourth-order valence-electron chi connectivity index (χ4n) is 2.46. The Labute approximate surface area is 124 Å². The van der Waals surface area contributed by atoms with E-state index in [9.17, 15) is 0 Å². The zero-order chi connectivity index (χ0) is 14.7. The Morgan fingerprint density at radius 1 is 1.19 bits per heavy atom. The largest absolute Gasteiger partial charge is 0.454 e. The van der Waals surface area contributed by atoms with E-state index in [-0.39, 0.29) is 0 Å². The first-order valence-electron chi connectivity index (χ1n) is 7.31. The van der Waals surface area contributed by atoms with Crippen LogP contribution in [-0.2, 0) is 0 Å². The van der Waals surface area contributed by atoms with Crippen molar-refractivity contribution in [3.63, 3.8) is 0 Å². The maximum absolute atomic E-state index is 5.45. The van der Waals surface area contributed by atoms with Crippen molar-refractivity contribution in [1.29, 1.82) is 0 Å². The third-order valence-electron chi connectivity index (χ3n) is 3.58. The molecule has 0 atom stereocenters. The van der Waals surface area contributed by atoms with Crippen molar-refractivity contribution < 1.29 is 9.47 Å². The van der Waals surface area contributed by atoms with Crippen molar-refractivity contribution >= 4 is 16.6 Å². The maximum Gasteiger partial charge on any atom is 0.231 e. The van der Waals surface area contributed by atoms with Crippen LogP contribution in [0.25, 0.3) is 10.8 Å².